The second-order valence-corrected chi connectivity index (χ2v) is 7.74. The van der Waals surface area contributed by atoms with Gasteiger partial charge in [0, 0.05) is 43.5 Å². The van der Waals surface area contributed by atoms with E-state index in [0.717, 1.165) is 18.4 Å². The van der Waals surface area contributed by atoms with Gasteiger partial charge >= 0.3 is 0 Å². The monoisotopic (exact) mass is 362 g/mol. The molecule has 2 atom stereocenters. The van der Waals surface area contributed by atoms with Crippen LogP contribution in [0.15, 0.2) is 48.5 Å². The summed E-state index contributed by atoms with van der Waals surface area (Å²) < 4.78 is 0. The number of nitrogens with zero attached hydrogens (tertiary/aromatic N) is 1. The highest BCUT2D eigenvalue weighted by atomic mass is 16.2. The third-order valence-corrected chi connectivity index (χ3v) is 5.93. The Hall–Kier alpha value is -2.46. The van der Waals surface area contributed by atoms with Crippen molar-refractivity contribution in [3.63, 3.8) is 0 Å². The van der Waals surface area contributed by atoms with Gasteiger partial charge in [0.05, 0.1) is 0 Å². The van der Waals surface area contributed by atoms with Crippen LogP contribution in [0.5, 0.6) is 0 Å². The third-order valence-electron chi connectivity index (χ3n) is 5.93. The molecule has 140 valence electrons. The lowest BCUT2D eigenvalue weighted by Crippen LogP contribution is -2.32. The molecule has 4 nitrogen and oxygen atoms in total. The molecule has 4 heteroatoms. The normalized spacial score (nSPS) is 21.3. The Kier molecular flexibility index (Phi) is 5.08. The second-order valence-electron chi connectivity index (χ2n) is 7.74. The van der Waals surface area contributed by atoms with Crippen molar-refractivity contribution < 1.29 is 9.59 Å². The topological polar surface area (TPSA) is 63.4 Å². The van der Waals surface area contributed by atoms with Gasteiger partial charge in [0.25, 0.3) is 0 Å². The van der Waals surface area contributed by atoms with Crippen molar-refractivity contribution in [3.8, 4) is 0 Å². The zero-order valence-electron chi connectivity index (χ0n) is 15.6. The summed E-state index contributed by atoms with van der Waals surface area (Å²) in [6.45, 7) is 1.20. The number of hydrogen-bond donors (Lipinski definition) is 1. The molecule has 0 saturated carbocycles. The van der Waals surface area contributed by atoms with E-state index >= 15 is 0 Å². The smallest absolute Gasteiger partial charge is 0.223 e. The number of carbonyl (C=O) groups excluding carboxylic acids is 2. The lowest BCUT2D eigenvalue weighted by Gasteiger charge is -2.16. The van der Waals surface area contributed by atoms with E-state index < -0.39 is 0 Å². The quantitative estimate of drug-likeness (QED) is 0.832. The summed E-state index contributed by atoms with van der Waals surface area (Å²) in [5.41, 5.74) is 10.8. The number of nitrogens with two attached hydrogens (primary N) is 1. The predicted molar refractivity (Wildman–Crippen MR) is 106 cm³/mol. The van der Waals surface area contributed by atoms with E-state index in [-0.39, 0.29) is 36.5 Å². The van der Waals surface area contributed by atoms with Crippen LogP contribution in [-0.4, -0.2) is 35.7 Å². The zero-order valence-corrected chi connectivity index (χ0v) is 15.6. The maximum absolute atomic E-state index is 12.6. The number of carbonyl (C=O) groups is 2. The average Bonchev–Trinajstić information content (AvgIpc) is 3.32. The van der Waals surface area contributed by atoms with E-state index in [1.807, 2.05) is 35.2 Å². The number of aryl methyl sites for hydroxylation is 2. The molecular formula is C23H26N2O2. The highest BCUT2D eigenvalue weighted by Gasteiger charge is 2.33. The lowest BCUT2D eigenvalue weighted by molar-refractivity contribution is -0.130. The molecule has 27 heavy (non-hydrogen) atoms. The summed E-state index contributed by atoms with van der Waals surface area (Å²) in [6, 6.07) is 16.1. The number of Topliss-reactive ketones (excluding diaryl/α,β-unsaturated/α-hetero) is 1. The molecule has 1 amide bonds. The Morgan fingerprint density at radius 3 is 2.56 bits per heavy atom. The van der Waals surface area contributed by atoms with Gasteiger partial charge in [-0.05, 0) is 42.0 Å². The largest absolute Gasteiger partial charge is 0.340 e. The van der Waals surface area contributed by atoms with E-state index in [1.54, 1.807) is 0 Å². The summed E-state index contributed by atoms with van der Waals surface area (Å²) in [4.78, 5) is 26.9. The Labute approximate surface area is 160 Å². The molecule has 0 unspecified atom stereocenters. The fraction of sp³-hybridized carbons (Fsp3) is 0.391. The molecule has 2 N–H and O–H groups in total. The van der Waals surface area contributed by atoms with Crippen LogP contribution in [0, 0.1) is 0 Å². The van der Waals surface area contributed by atoms with Crippen LogP contribution in [0.3, 0.4) is 0 Å². The summed E-state index contributed by atoms with van der Waals surface area (Å²) in [5.74, 6) is 0.252. The maximum Gasteiger partial charge on any atom is 0.223 e. The van der Waals surface area contributed by atoms with Crippen molar-refractivity contribution in [1.29, 1.82) is 0 Å². The summed E-state index contributed by atoms with van der Waals surface area (Å²) in [6.07, 6.45) is 3.86. The van der Waals surface area contributed by atoms with E-state index in [4.69, 9.17) is 5.73 Å². The average molecular weight is 362 g/mol. The Bertz CT molecular complexity index is 847. The fourth-order valence-corrected chi connectivity index (χ4v) is 4.35. The van der Waals surface area contributed by atoms with Gasteiger partial charge in [-0.25, -0.2) is 0 Å². The molecule has 1 heterocycles. The molecule has 0 radical (unpaired) electrons. The van der Waals surface area contributed by atoms with Crippen LogP contribution >= 0.6 is 0 Å². The van der Waals surface area contributed by atoms with Gasteiger partial charge in [0.2, 0.25) is 5.91 Å². The van der Waals surface area contributed by atoms with Crippen molar-refractivity contribution in [3.05, 3.63) is 70.8 Å². The predicted octanol–water partition coefficient (Wildman–Crippen LogP) is 3.09. The Morgan fingerprint density at radius 1 is 0.963 bits per heavy atom. The van der Waals surface area contributed by atoms with Crippen LogP contribution in [0.4, 0.5) is 0 Å². The number of amides is 1. The highest BCUT2D eigenvalue weighted by Crippen LogP contribution is 2.27. The molecule has 0 bridgehead atoms. The van der Waals surface area contributed by atoms with E-state index in [1.165, 1.54) is 23.1 Å². The molecule has 2 aromatic carbocycles. The Balaban J connectivity index is 1.34. The first-order chi connectivity index (χ1) is 13.1. The lowest BCUT2D eigenvalue weighted by atomic mass is 9.95. The highest BCUT2D eigenvalue weighted by molar-refractivity contribution is 5.98. The van der Waals surface area contributed by atoms with Gasteiger partial charge in [-0.1, -0.05) is 42.5 Å². The molecule has 1 aliphatic heterocycles. The van der Waals surface area contributed by atoms with Gasteiger partial charge in [-0.2, -0.15) is 0 Å². The molecule has 2 aliphatic rings. The summed E-state index contributed by atoms with van der Waals surface area (Å²) >= 11 is 0. The van der Waals surface area contributed by atoms with Gasteiger partial charge in [-0.3, -0.25) is 9.59 Å². The molecule has 1 aliphatic carbocycles. The number of hydrogen-bond acceptors (Lipinski definition) is 3. The van der Waals surface area contributed by atoms with E-state index in [0.29, 0.717) is 13.1 Å². The maximum atomic E-state index is 12.6. The molecule has 4 rings (SSSR count). The van der Waals surface area contributed by atoms with Crippen molar-refractivity contribution in [2.45, 2.75) is 44.1 Å². The van der Waals surface area contributed by atoms with Crippen LogP contribution in [0.25, 0.3) is 0 Å². The molecule has 1 fully saturated rings. The van der Waals surface area contributed by atoms with Gasteiger partial charge in [0.1, 0.15) is 0 Å². The molecular weight excluding hydrogens is 336 g/mol. The van der Waals surface area contributed by atoms with E-state index in [9.17, 15) is 9.59 Å². The number of benzene rings is 2. The number of ketones is 1. The van der Waals surface area contributed by atoms with Crippen molar-refractivity contribution in [2.24, 2.45) is 5.73 Å². The zero-order chi connectivity index (χ0) is 18.8. The second kappa shape index (κ2) is 7.65. The number of likely N-dealkylation sites (tertiary alicyclic amines) is 1. The van der Waals surface area contributed by atoms with Crippen LogP contribution < -0.4 is 5.73 Å². The van der Waals surface area contributed by atoms with Crippen molar-refractivity contribution in [1.82, 2.24) is 4.90 Å². The van der Waals surface area contributed by atoms with Gasteiger partial charge < -0.3 is 10.6 Å². The molecule has 0 spiro atoms. The number of rotatable bonds is 5. The first-order valence-electron chi connectivity index (χ1n) is 9.85. The first kappa shape index (κ1) is 17.9. The van der Waals surface area contributed by atoms with Crippen LogP contribution in [0.1, 0.15) is 52.2 Å². The molecule has 0 aromatic heterocycles. The standard InChI is InChI=1S/C23H26N2O2/c24-21-15-25(14-20(21)17-5-2-1-3-6-17)23(27)12-11-22(26)19-10-9-16-7-4-8-18(16)13-19/h1-3,5-6,9-10,13,20-21H,4,7-8,11-12,14-15,24H2/t20-,21+/m0/s1. The fourth-order valence-electron chi connectivity index (χ4n) is 4.35. The summed E-state index contributed by atoms with van der Waals surface area (Å²) in [7, 11) is 0. The van der Waals surface area contributed by atoms with E-state index in [2.05, 4.69) is 18.2 Å². The third kappa shape index (κ3) is 3.81. The Morgan fingerprint density at radius 2 is 1.74 bits per heavy atom. The van der Waals surface area contributed by atoms with Crippen LogP contribution in [0.2, 0.25) is 0 Å². The molecule has 1 saturated heterocycles. The van der Waals surface area contributed by atoms with Gasteiger partial charge in [-0.15, -0.1) is 0 Å². The van der Waals surface area contributed by atoms with Crippen molar-refractivity contribution in [2.75, 3.05) is 13.1 Å². The van der Waals surface area contributed by atoms with Gasteiger partial charge in [0.15, 0.2) is 5.78 Å². The minimum atomic E-state index is -0.0521. The van der Waals surface area contributed by atoms with Crippen LogP contribution in [-0.2, 0) is 17.6 Å². The molecule has 2 aromatic rings. The SMILES string of the molecule is N[C@@H]1CN(C(=O)CCC(=O)c2ccc3c(c2)CCC3)C[C@H]1c1ccccc1. The summed E-state index contributed by atoms with van der Waals surface area (Å²) in [5, 5.41) is 0. The number of fused-ring (bicyclic) bond motifs is 1. The minimum Gasteiger partial charge on any atom is -0.340 e. The first-order valence-corrected chi connectivity index (χ1v) is 9.85. The van der Waals surface area contributed by atoms with Crippen molar-refractivity contribution >= 4 is 11.7 Å². The minimum absolute atomic E-state index is 0.0263.